The van der Waals surface area contributed by atoms with Crippen LogP contribution in [0, 0.1) is 0 Å². The molecule has 0 saturated carbocycles. The average Bonchev–Trinajstić information content (AvgIpc) is 1.72. The molecule has 0 aliphatic rings. The summed E-state index contributed by atoms with van der Waals surface area (Å²) in [6, 6.07) is 0. The van der Waals surface area contributed by atoms with Crippen LogP contribution in [0.25, 0.3) is 0 Å². The maximum atomic E-state index is 2.38. The molecule has 2 radical (unpaired) electrons. The molecule has 0 rings (SSSR count). The van der Waals surface area contributed by atoms with Crippen LogP contribution in [0.2, 0.25) is 0 Å². The van der Waals surface area contributed by atoms with Crippen molar-refractivity contribution in [3.05, 3.63) is 0 Å². The van der Waals surface area contributed by atoms with E-state index in [1.807, 2.05) is 0 Å². The second-order valence-electron chi connectivity index (χ2n) is 1.62. The fourth-order valence-corrected chi connectivity index (χ4v) is 0.671. The van der Waals surface area contributed by atoms with Gasteiger partial charge >= 0.3 is 0 Å². The maximum Gasteiger partial charge on any atom is 0 e. The molecule has 1 nitrogen and oxygen atoms in total. The fourth-order valence-electron chi connectivity index (χ4n) is 0.671. The second-order valence-corrected chi connectivity index (χ2v) is 1.62. The summed E-state index contributed by atoms with van der Waals surface area (Å²) in [5, 5.41) is 0. The van der Waals surface area contributed by atoms with Gasteiger partial charge in [0.15, 0.2) is 0 Å². The number of nitrogens with zero attached hydrogens (tertiary/aromatic N) is 1. The van der Waals surface area contributed by atoms with Crippen molar-refractivity contribution in [2.45, 2.75) is 20.8 Å². The third-order valence-corrected chi connectivity index (χ3v) is 1.34. The van der Waals surface area contributed by atoms with Gasteiger partial charge in [-0.25, -0.2) is 0 Å². The van der Waals surface area contributed by atoms with Crippen LogP contribution in [-0.2, 0) is 0 Å². The van der Waals surface area contributed by atoms with E-state index in [-0.39, 0.29) is 37.7 Å². The molecule has 8 heavy (non-hydrogen) atoms. The summed E-state index contributed by atoms with van der Waals surface area (Å²) < 4.78 is 0. The molecule has 0 heterocycles. The van der Waals surface area contributed by atoms with Crippen molar-refractivity contribution in [2.24, 2.45) is 0 Å². The van der Waals surface area contributed by atoms with Crippen LogP contribution in [0.4, 0.5) is 0 Å². The number of hydrogen-bond acceptors (Lipinski definition) is 1. The zero-order valence-electron chi connectivity index (χ0n) is 6.28. The van der Waals surface area contributed by atoms with E-state index in [2.05, 4.69) is 25.7 Å². The van der Waals surface area contributed by atoms with E-state index in [9.17, 15) is 0 Å². The van der Waals surface area contributed by atoms with Crippen LogP contribution in [0.15, 0.2) is 0 Å². The van der Waals surface area contributed by atoms with Crippen LogP contribution in [0.1, 0.15) is 20.8 Å². The van der Waals surface area contributed by atoms with Gasteiger partial charge in [0.1, 0.15) is 0 Å². The van der Waals surface area contributed by atoms with Crippen molar-refractivity contribution in [3.8, 4) is 0 Å². The van der Waals surface area contributed by atoms with Gasteiger partial charge < -0.3 is 4.90 Å². The monoisotopic (exact) mass is 141 g/mol. The minimum absolute atomic E-state index is 0. The maximum absolute atomic E-state index is 2.38. The zero-order valence-corrected chi connectivity index (χ0v) is 8.48. The van der Waals surface area contributed by atoms with Crippen LogP contribution in [0.3, 0.4) is 0 Å². The van der Waals surface area contributed by atoms with E-state index in [1.54, 1.807) is 0 Å². The molecule has 0 amide bonds. The van der Waals surface area contributed by atoms with Crippen molar-refractivity contribution >= 4 is 37.7 Å². The summed E-state index contributed by atoms with van der Waals surface area (Å²) in [7, 11) is 0. The van der Waals surface area contributed by atoms with E-state index in [1.165, 1.54) is 19.6 Å². The van der Waals surface area contributed by atoms with E-state index in [0.717, 1.165) is 0 Å². The van der Waals surface area contributed by atoms with Crippen molar-refractivity contribution < 1.29 is 0 Å². The molecule has 0 aliphatic heterocycles. The number of rotatable bonds is 3. The molecule has 0 aliphatic carbocycles. The van der Waals surface area contributed by atoms with Gasteiger partial charge in [0, 0.05) is 37.7 Å². The quantitative estimate of drug-likeness (QED) is 0.529. The van der Waals surface area contributed by atoms with Crippen LogP contribution in [-0.4, -0.2) is 62.3 Å². The van der Waals surface area contributed by atoms with Crippen molar-refractivity contribution in [1.82, 2.24) is 4.90 Å². The van der Waals surface area contributed by atoms with Gasteiger partial charge in [0.25, 0.3) is 0 Å². The Hall–Kier alpha value is 1.22. The molecule has 0 unspecified atom stereocenters. The first kappa shape index (κ1) is 12.0. The van der Waals surface area contributed by atoms with Crippen molar-refractivity contribution in [3.63, 3.8) is 0 Å². The van der Waals surface area contributed by atoms with E-state index in [0.29, 0.717) is 0 Å². The Kier molecular flexibility index (Phi) is 12.3. The molecule has 46 valence electrons. The first-order chi connectivity index (χ1) is 3.35. The molecule has 0 saturated heterocycles. The Morgan fingerprint density at radius 1 is 0.875 bits per heavy atom. The standard InChI is InChI=1S/C6H15N.Ca/c1-4-7(5-2)6-3;/h4-6H2,1-3H3;. The van der Waals surface area contributed by atoms with Gasteiger partial charge in [-0.15, -0.1) is 0 Å². The van der Waals surface area contributed by atoms with Crippen LogP contribution >= 0.6 is 0 Å². The molecular formula is C6H15CaN. The summed E-state index contributed by atoms with van der Waals surface area (Å²) in [5.74, 6) is 0. The zero-order chi connectivity index (χ0) is 5.70. The molecule has 0 N–H and O–H groups in total. The minimum atomic E-state index is 0. The first-order valence-electron chi connectivity index (χ1n) is 3.07. The molecule has 0 spiro atoms. The van der Waals surface area contributed by atoms with Gasteiger partial charge in [-0.3, -0.25) is 0 Å². The third kappa shape index (κ3) is 5.36. The molecule has 0 bridgehead atoms. The molecule has 0 fully saturated rings. The SMILES string of the molecule is CCN(CC)CC.[Ca]. The molecule has 0 aromatic carbocycles. The summed E-state index contributed by atoms with van der Waals surface area (Å²) in [6.07, 6.45) is 0. The topological polar surface area (TPSA) is 3.24 Å². The Morgan fingerprint density at radius 2 is 1.12 bits per heavy atom. The molecule has 0 aromatic rings. The van der Waals surface area contributed by atoms with E-state index in [4.69, 9.17) is 0 Å². The normalized spacial score (nSPS) is 9.00. The Morgan fingerprint density at radius 3 is 1.12 bits per heavy atom. The molecule has 2 heteroatoms. The summed E-state index contributed by atoms with van der Waals surface area (Å²) in [4.78, 5) is 2.38. The number of hydrogen-bond donors (Lipinski definition) is 0. The summed E-state index contributed by atoms with van der Waals surface area (Å²) in [5.41, 5.74) is 0. The van der Waals surface area contributed by atoms with Crippen molar-refractivity contribution in [2.75, 3.05) is 19.6 Å². The fraction of sp³-hybridized carbons (Fsp3) is 1.00. The van der Waals surface area contributed by atoms with Gasteiger partial charge in [0.05, 0.1) is 0 Å². The second kappa shape index (κ2) is 8.22. The predicted molar refractivity (Wildman–Crippen MR) is 39.2 cm³/mol. The first-order valence-corrected chi connectivity index (χ1v) is 3.07. The Bertz CT molecular complexity index is 30.0. The largest absolute Gasteiger partial charge is 0.304 e. The molecule has 0 aromatic heterocycles. The predicted octanol–water partition coefficient (Wildman–Crippen LogP) is 0.967. The van der Waals surface area contributed by atoms with Crippen LogP contribution in [0.5, 0.6) is 0 Å². The van der Waals surface area contributed by atoms with Crippen molar-refractivity contribution in [1.29, 1.82) is 0 Å². The van der Waals surface area contributed by atoms with Crippen LogP contribution < -0.4 is 0 Å². The average molecular weight is 141 g/mol. The van der Waals surface area contributed by atoms with Gasteiger partial charge in [-0.05, 0) is 19.6 Å². The Labute approximate surface area is 82.4 Å². The van der Waals surface area contributed by atoms with Gasteiger partial charge in [-0.2, -0.15) is 0 Å². The minimum Gasteiger partial charge on any atom is -0.304 e. The smallest absolute Gasteiger partial charge is 0 e. The summed E-state index contributed by atoms with van der Waals surface area (Å²) in [6.45, 7) is 10.1. The molecule has 0 atom stereocenters. The third-order valence-electron chi connectivity index (χ3n) is 1.34. The van der Waals surface area contributed by atoms with E-state index >= 15 is 0 Å². The summed E-state index contributed by atoms with van der Waals surface area (Å²) >= 11 is 0. The van der Waals surface area contributed by atoms with E-state index < -0.39 is 0 Å². The van der Waals surface area contributed by atoms with Gasteiger partial charge in [-0.1, -0.05) is 20.8 Å². The Balaban J connectivity index is 0. The van der Waals surface area contributed by atoms with Gasteiger partial charge in [0.2, 0.25) is 0 Å². The molecular weight excluding hydrogens is 126 g/mol.